The zero-order chi connectivity index (χ0) is 19.3. The van der Waals surface area contributed by atoms with Gasteiger partial charge >= 0.3 is 0 Å². The molecule has 1 N–H and O–H groups in total. The molecule has 0 aliphatic rings. The van der Waals surface area contributed by atoms with Crippen LogP contribution in [0.3, 0.4) is 0 Å². The second-order valence-corrected chi connectivity index (χ2v) is 8.47. The Hall–Kier alpha value is -2.92. The van der Waals surface area contributed by atoms with Crippen LogP contribution in [0.2, 0.25) is 0 Å². The lowest BCUT2D eigenvalue weighted by Crippen LogP contribution is -2.32. The number of carbonyl (C=O) groups is 1. The molecular weight excluding hydrogens is 358 g/mol. The minimum atomic E-state index is -3.65. The molecule has 0 aliphatic carbocycles. The molecular formula is C22H21NO3S. The van der Waals surface area contributed by atoms with Crippen LogP contribution in [-0.4, -0.2) is 20.9 Å². The predicted molar refractivity (Wildman–Crippen MR) is 106 cm³/mol. The molecule has 1 atom stereocenters. The van der Waals surface area contributed by atoms with Gasteiger partial charge in [0.05, 0.1) is 4.90 Å². The van der Waals surface area contributed by atoms with Gasteiger partial charge in [-0.1, -0.05) is 66.2 Å². The van der Waals surface area contributed by atoms with Crippen molar-refractivity contribution in [1.82, 2.24) is 5.32 Å². The Labute approximate surface area is 159 Å². The number of carbonyl (C=O) groups excluding carboxylic acids is 1. The van der Waals surface area contributed by atoms with E-state index in [1.54, 1.807) is 72.8 Å². The van der Waals surface area contributed by atoms with E-state index in [9.17, 15) is 13.2 Å². The standard InChI is InChI=1S/C22H21NO3S/c1-17-9-8-12-19(15-17)22(24)23-16-21(18-10-4-2-5-11-18)27(25,26)20-13-6-3-7-14-20/h2-15,21H,16H2,1H3,(H,23,24)/t21-/m1/s1. The number of amides is 1. The van der Waals surface area contributed by atoms with E-state index in [4.69, 9.17) is 0 Å². The van der Waals surface area contributed by atoms with Gasteiger partial charge in [-0.25, -0.2) is 8.42 Å². The van der Waals surface area contributed by atoms with Crippen LogP contribution < -0.4 is 5.32 Å². The van der Waals surface area contributed by atoms with E-state index in [0.29, 0.717) is 11.1 Å². The number of rotatable bonds is 6. The molecule has 0 saturated carbocycles. The minimum absolute atomic E-state index is 0.00594. The Balaban J connectivity index is 1.89. The Morgan fingerprint density at radius 2 is 1.52 bits per heavy atom. The summed E-state index contributed by atoms with van der Waals surface area (Å²) in [5.41, 5.74) is 2.13. The fourth-order valence-corrected chi connectivity index (χ4v) is 4.61. The summed E-state index contributed by atoms with van der Waals surface area (Å²) >= 11 is 0. The highest BCUT2D eigenvalue weighted by Crippen LogP contribution is 2.28. The van der Waals surface area contributed by atoms with Gasteiger partial charge in [-0.15, -0.1) is 0 Å². The lowest BCUT2D eigenvalue weighted by Gasteiger charge is -2.19. The van der Waals surface area contributed by atoms with Crippen LogP contribution in [-0.2, 0) is 9.84 Å². The van der Waals surface area contributed by atoms with Crippen LogP contribution in [0.15, 0.2) is 89.8 Å². The topological polar surface area (TPSA) is 63.2 Å². The highest BCUT2D eigenvalue weighted by atomic mass is 32.2. The monoisotopic (exact) mass is 379 g/mol. The smallest absolute Gasteiger partial charge is 0.251 e. The first kappa shape index (κ1) is 18.9. The number of sulfone groups is 1. The largest absolute Gasteiger partial charge is 0.350 e. The van der Waals surface area contributed by atoms with Gasteiger partial charge < -0.3 is 5.32 Å². The summed E-state index contributed by atoms with van der Waals surface area (Å²) in [6.45, 7) is 1.90. The number of benzene rings is 3. The fourth-order valence-electron chi connectivity index (χ4n) is 2.92. The third-order valence-corrected chi connectivity index (χ3v) is 6.46. The van der Waals surface area contributed by atoms with Gasteiger partial charge in [0.2, 0.25) is 0 Å². The number of hydrogen-bond donors (Lipinski definition) is 1. The van der Waals surface area contributed by atoms with Gasteiger partial charge in [-0.3, -0.25) is 4.79 Å². The first-order chi connectivity index (χ1) is 13.0. The Morgan fingerprint density at radius 1 is 0.889 bits per heavy atom. The molecule has 3 aromatic carbocycles. The molecule has 3 rings (SSSR count). The average Bonchev–Trinajstić information content (AvgIpc) is 2.69. The first-order valence-corrected chi connectivity index (χ1v) is 10.2. The second-order valence-electron chi connectivity index (χ2n) is 6.34. The summed E-state index contributed by atoms with van der Waals surface area (Å²) in [4.78, 5) is 12.7. The number of aryl methyl sites for hydroxylation is 1. The zero-order valence-corrected chi connectivity index (χ0v) is 15.8. The van der Waals surface area contributed by atoms with Gasteiger partial charge in [-0.2, -0.15) is 0 Å². The van der Waals surface area contributed by atoms with Crippen molar-refractivity contribution in [1.29, 1.82) is 0 Å². The quantitative estimate of drug-likeness (QED) is 0.706. The summed E-state index contributed by atoms with van der Waals surface area (Å²) in [5.74, 6) is -0.289. The van der Waals surface area contributed by atoms with Crippen LogP contribution >= 0.6 is 0 Å². The van der Waals surface area contributed by atoms with E-state index in [2.05, 4.69) is 5.32 Å². The third kappa shape index (κ3) is 4.44. The Morgan fingerprint density at radius 3 is 2.15 bits per heavy atom. The lowest BCUT2D eigenvalue weighted by molar-refractivity contribution is 0.0953. The van der Waals surface area contributed by atoms with Crippen LogP contribution in [0.5, 0.6) is 0 Å². The van der Waals surface area contributed by atoms with E-state index < -0.39 is 15.1 Å². The maximum Gasteiger partial charge on any atom is 0.251 e. The van der Waals surface area contributed by atoms with E-state index in [0.717, 1.165) is 5.56 Å². The van der Waals surface area contributed by atoms with Crippen LogP contribution in [0, 0.1) is 6.92 Å². The SMILES string of the molecule is Cc1cccc(C(=O)NC[C@H](c2ccccc2)S(=O)(=O)c2ccccc2)c1. The molecule has 0 spiro atoms. The van der Waals surface area contributed by atoms with Crippen LogP contribution in [0.25, 0.3) is 0 Å². The molecule has 0 bridgehead atoms. The van der Waals surface area contributed by atoms with Crippen molar-refractivity contribution in [3.05, 3.63) is 102 Å². The van der Waals surface area contributed by atoms with Crippen molar-refractivity contribution in [3.63, 3.8) is 0 Å². The molecule has 0 fully saturated rings. The van der Waals surface area contributed by atoms with Gasteiger partial charge in [0.1, 0.15) is 5.25 Å². The van der Waals surface area contributed by atoms with E-state index in [1.807, 2.05) is 19.1 Å². The fraction of sp³-hybridized carbons (Fsp3) is 0.136. The van der Waals surface area contributed by atoms with Crippen LogP contribution in [0.4, 0.5) is 0 Å². The molecule has 0 saturated heterocycles. The predicted octanol–water partition coefficient (Wildman–Crippen LogP) is 3.94. The van der Waals surface area contributed by atoms with Crippen molar-refractivity contribution in [2.75, 3.05) is 6.54 Å². The third-order valence-electron chi connectivity index (χ3n) is 4.35. The molecule has 0 unspecified atom stereocenters. The maximum atomic E-state index is 13.2. The summed E-state index contributed by atoms with van der Waals surface area (Å²) in [5, 5.41) is 1.92. The number of nitrogens with one attached hydrogen (secondary N) is 1. The second kappa shape index (κ2) is 8.18. The maximum absolute atomic E-state index is 13.2. The number of hydrogen-bond acceptors (Lipinski definition) is 3. The molecule has 0 heterocycles. The summed E-state index contributed by atoms with van der Waals surface area (Å²) in [6.07, 6.45) is 0. The summed E-state index contributed by atoms with van der Waals surface area (Å²) in [6, 6.07) is 24.5. The molecule has 27 heavy (non-hydrogen) atoms. The van der Waals surface area contributed by atoms with Crippen molar-refractivity contribution in [2.24, 2.45) is 0 Å². The van der Waals surface area contributed by atoms with Crippen molar-refractivity contribution in [2.45, 2.75) is 17.1 Å². The molecule has 1 amide bonds. The van der Waals surface area contributed by atoms with E-state index in [-0.39, 0.29) is 17.3 Å². The highest BCUT2D eigenvalue weighted by Gasteiger charge is 2.29. The van der Waals surface area contributed by atoms with E-state index >= 15 is 0 Å². The van der Waals surface area contributed by atoms with Gasteiger partial charge in [-0.05, 0) is 36.8 Å². The summed E-state index contributed by atoms with van der Waals surface area (Å²) in [7, 11) is -3.65. The average molecular weight is 379 g/mol. The zero-order valence-electron chi connectivity index (χ0n) is 15.0. The van der Waals surface area contributed by atoms with Gasteiger partial charge in [0.15, 0.2) is 9.84 Å². The molecule has 0 aromatic heterocycles. The Bertz CT molecular complexity index is 1020. The molecule has 138 valence electrons. The molecule has 0 radical (unpaired) electrons. The molecule has 4 nitrogen and oxygen atoms in total. The normalized spacial score (nSPS) is 12.3. The minimum Gasteiger partial charge on any atom is -0.350 e. The lowest BCUT2D eigenvalue weighted by atomic mass is 10.1. The molecule has 5 heteroatoms. The highest BCUT2D eigenvalue weighted by molar-refractivity contribution is 7.91. The van der Waals surface area contributed by atoms with Crippen molar-refractivity contribution >= 4 is 15.7 Å². The van der Waals surface area contributed by atoms with Crippen LogP contribution in [0.1, 0.15) is 26.7 Å². The Kier molecular flexibility index (Phi) is 5.72. The van der Waals surface area contributed by atoms with Crippen molar-refractivity contribution in [3.8, 4) is 0 Å². The first-order valence-electron chi connectivity index (χ1n) is 8.67. The van der Waals surface area contributed by atoms with Gasteiger partial charge in [0, 0.05) is 12.1 Å². The van der Waals surface area contributed by atoms with E-state index in [1.165, 1.54) is 0 Å². The van der Waals surface area contributed by atoms with Crippen molar-refractivity contribution < 1.29 is 13.2 Å². The molecule has 3 aromatic rings. The molecule has 0 aliphatic heterocycles. The summed E-state index contributed by atoms with van der Waals surface area (Å²) < 4.78 is 26.4. The van der Waals surface area contributed by atoms with Gasteiger partial charge in [0.25, 0.3) is 5.91 Å².